The molecule has 2 aromatic rings. The van der Waals surface area contributed by atoms with Gasteiger partial charge in [-0.05, 0) is 49.9 Å². The summed E-state index contributed by atoms with van der Waals surface area (Å²) in [7, 11) is 1.60. The molecule has 0 unspecified atom stereocenters. The van der Waals surface area contributed by atoms with Gasteiger partial charge in [0.25, 0.3) is 5.91 Å². The molecule has 2 fully saturated rings. The van der Waals surface area contributed by atoms with E-state index >= 15 is 0 Å². The highest BCUT2D eigenvalue weighted by atomic mass is 16.5. The number of amides is 1. The van der Waals surface area contributed by atoms with Crippen LogP contribution < -0.4 is 15.0 Å². The minimum atomic E-state index is -0.0325. The van der Waals surface area contributed by atoms with Gasteiger partial charge in [-0.3, -0.25) is 9.69 Å². The molecule has 4 rings (SSSR count). The lowest BCUT2D eigenvalue weighted by Crippen LogP contribution is -2.52. The Kier molecular flexibility index (Phi) is 6.30. The maximum absolute atomic E-state index is 12.6. The Bertz CT molecular complexity index is 798. The molecule has 2 heterocycles. The van der Waals surface area contributed by atoms with Crippen LogP contribution in [0.1, 0.15) is 36.0 Å². The Morgan fingerprint density at radius 3 is 2.41 bits per heavy atom. The van der Waals surface area contributed by atoms with Crippen LogP contribution in [0.4, 0.5) is 5.82 Å². The SMILES string of the molecule is COc1ccccc1C(=O)NC1CCC(N2CCN(c3ccccn3)CC2)CC1. The van der Waals surface area contributed by atoms with E-state index in [9.17, 15) is 4.79 Å². The molecule has 29 heavy (non-hydrogen) atoms. The second-order valence-electron chi connectivity index (χ2n) is 7.89. The predicted octanol–water partition coefficient (Wildman–Crippen LogP) is 2.95. The van der Waals surface area contributed by atoms with E-state index < -0.39 is 0 Å². The molecule has 1 aromatic heterocycles. The van der Waals surface area contributed by atoms with Crippen molar-refractivity contribution in [2.24, 2.45) is 0 Å². The summed E-state index contributed by atoms with van der Waals surface area (Å²) in [5.74, 6) is 1.68. The van der Waals surface area contributed by atoms with Gasteiger partial charge >= 0.3 is 0 Å². The van der Waals surface area contributed by atoms with Crippen molar-refractivity contribution in [2.45, 2.75) is 37.8 Å². The molecule has 0 radical (unpaired) electrons. The maximum atomic E-state index is 12.6. The predicted molar refractivity (Wildman–Crippen MR) is 115 cm³/mol. The van der Waals surface area contributed by atoms with E-state index in [4.69, 9.17) is 4.74 Å². The lowest BCUT2D eigenvalue weighted by atomic mass is 9.89. The van der Waals surface area contributed by atoms with Crippen LogP contribution in [0.5, 0.6) is 5.75 Å². The summed E-state index contributed by atoms with van der Waals surface area (Å²) in [4.78, 5) is 22.1. The normalized spacial score (nSPS) is 22.9. The van der Waals surface area contributed by atoms with Gasteiger partial charge in [0.1, 0.15) is 11.6 Å². The Morgan fingerprint density at radius 2 is 1.72 bits per heavy atom. The van der Waals surface area contributed by atoms with Crippen LogP contribution in [0.3, 0.4) is 0 Å². The summed E-state index contributed by atoms with van der Waals surface area (Å²) in [5.41, 5.74) is 0.614. The molecule has 154 valence electrons. The number of piperazine rings is 1. The molecule has 0 atom stereocenters. The number of nitrogens with one attached hydrogen (secondary N) is 1. The summed E-state index contributed by atoms with van der Waals surface area (Å²) in [6, 6.07) is 14.4. The van der Waals surface area contributed by atoms with E-state index in [1.54, 1.807) is 7.11 Å². The Morgan fingerprint density at radius 1 is 1.00 bits per heavy atom. The summed E-state index contributed by atoms with van der Waals surface area (Å²) in [6.45, 7) is 4.22. The number of para-hydroxylation sites is 1. The molecule has 0 spiro atoms. The van der Waals surface area contributed by atoms with Gasteiger partial charge in [0, 0.05) is 44.5 Å². The van der Waals surface area contributed by atoms with Crippen LogP contribution in [0, 0.1) is 0 Å². The highest BCUT2D eigenvalue weighted by molar-refractivity contribution is 5.97. The van der Waals surface area contributed by atoms with Crippen LogP contribution in [-0.4, -0.2) is 61.2 Å². The van der Waals surface area contributed by atoms with Crippen LogP contribution in [0.2, 0.25) is 0 Å². The first-order chi connectivity index (χ1) is 14.2. The molecule has 6 nitrogen and oxygen atoms in total. The van der Waals surface area contributed by atoms with Crippen molar-refractivity contribution < 1.29 is 9.53 Å². The molecule has 0 bridgehead atoms. The number of carbonyl (C=O) groups excluding carboxylic acids is 1. The van der Waals surface area contributed by atoms with Gasteiger partial charge in [0.05, 0.1) is 12.7 Å². The van der Waals surface area contributed by atoms with E-state index in [1.165, 1.54) is 0 Å². The fraction of sp³-hybridized carbons (Fsp3) is 0.478. The van der Waals surface area contributed by atoms with Gasteiger partial charge in [-0.25, -0.2) is 4.98 Å². The summed E-state index contributed by atoms with van der Waals surface area (Å²) < 4.78 is 5.32. The zero-order chi connectivity index (χ0) is 20.1. The van der Waals surface area contributed by atoms with Gasteiger partial charge < -0.3 is 15.0 Å². The Labute approximate surface area is 172 Å². The van der Waals surface area contributed by atoms with E-state index in [0.29, 0.717) is 17.4 Å². The minimum absolute atomic E-state index is 0.0325. The molecule has 1 aliphatic heterocycles. The monoisotopic (exact) mass is 394 g/mol. The largest absolute Gasteiger partial charge is 0.496 e. The zero-order valence-corrected chi connectivity index (χ0v) is 17.1. The third-order valence-electron chi connectivity index (χ3n) is 6.19. The molecule has 2 aliphatic rings. The first-order valence-corrected chi connectivity index (χ1v) is 10.6. The highest BCUT2D eigenvalue weighted by Crippen LogP contribution is 2.26. The van der Waals surface area contributed by atoms with Gasteiger partial charge in [0.2, 0.25) is 0 Å². The summed E-state index contributed by atoms with van der Waals surface area (Å²) in [5, 5.41) is 3.21. The van der Waals surface area contributed by atoms with E-state index in [-0.39, 0.29) is 11.9 Å². The van der Waals surface area contributed by atoms with Crippen LogP contribution in [-0.2, 0) is 0 Å². The topological polar surface area (TPSA) is 57.7 Å². The van der Waals surface area contributed by atoms with Crippen molar-refractivity contribution in [1.82, 2.24) is 15.2 Å². The van der Waals surface area contributed by atoms with Gasteiger partial charge in [-0.15, -0.1) is 0 Å². The van der Waals surface area contributed by atoms with Crippen LogP contribution >= 0.6 is 0 Å². The van der Waals surface area contributed by atoms with E-state index in [2.05, 4.69) is 32.2 Å². The number of benzene rings is 1. The van der Waals surface area contributed by atoms with E-state index in [1.807, 2.05) is 36.5 Å². The van der Waals surface area contributed by atoms with Crippen molar-refractivity contribution in [1.29, 1.82) is 0 Å². The number of methoxy groups -OCH3 is 1. The zero-order valence-electron chi connectivity index (χ0n) is 17.1. The number of aromatic nitrogens is 1. The fourth-order valence-electron chi connectivity index (χ4n) is 4.54. The first kappa shape index (κ1) is 19.7. The molecular formula is C23H30N4O2. The molecule has 1 saturated carbocycles. The standard InChI is InChI=1S/C23H30N4O2/c1-29-21-7-3-2-6-20(21)23(28)25-18-9-11-19(12-10-18)26-14-16-27(17-15-26)22-8-4-5-13-24-22/h2-8,13,18-19H,9-12,14-17H2,1H3,(H,25,28). The quantitative estimate of drug-likeness (QED) is 0.845. The first-order valence-electron chi connectivity index (χ1n) is 10.6. The number of carbonyl (C=O) groups is 1. The van der Waals surface area contributed by atoms with Gasteiger partial charge in [0.15, 0.2) is 0 Å². The number of anilines is 1. The second-order valence-corrected chi connectivity index (χ2v) is 7.89. The van der Waals surface area contributed by atoms with Crippen molar-refractivity contribution in [3.05, 3.63) is 54.2 Å². The van der Waals surface area contributed by atoms with Gasteiger partial charge in [-0.1, -0.05) is 18.2 Å². The lowest BCUT2D eigenvalue weighted by molar-refractivity contribution is 0.0896. The molecule has 1 saturated heterocycles. The third kappa shape index (κ3) is 4.70. The van der Waals surface area contributed by atoms with Crippen LogP contribution in [0.15, 0.2) is 48.7 Å². The molecule has 6 heteroatoms. The van der Waals surface area contributed by atoms with Crippen molar-refractivity contribution in [2.75, 3.05) is 38.2 Å². The average Bonchev–Trinajstić information content (AvgIpc) is 2.80. The smallest absolute Gasteiger partial charge is 0.255 e. The van der Waals surface area contributed by atoms with Crippen molar-refractivity contribution in [3.63, 3.8) is 0 Å². The number of ether oxygens (including phenoxy) is 1. The Hall–Kier alpha value is -2.60. The number of nitrogens with zero attached hydrogens (tertiary/aromatic N) is 3. The number of pyridine rings is 1. The fourth-order valence-corrected chi connectivity index (χ4v) is 4.54. The molecular weight excluding hydrogens is 364 g/mol. The molecule has 1 aromatic carbocycles. The van der Waals surface area contributed by atoms with Crippen LogP contribution in [0.25, 0.3) is 0 Å². The average molecular weight is 395 g/mol. The van der Waals surface area contributed by atoms with Crippen molar-refractivity contribution in [3.8, 4) is 5.75 Å². The minimum Gasteiger partial charge on any atom is -0.496 e. The third-order valence-corrected chi connectivity index (χ3v) is 6.19. The molecule has 1 aliphatic carbocycles. The van der Waals surface area contributed by atoms with Crippen molar-refractivity contribution >= 4 is 11.7 Å². The molecule has 1 amide bonds. The lowest BCUT2D eigenvalue weighted by Gasteiger charge is -2.42. The highest BCUT2D eigenvalue weighted by Gasteiger charge is 2.29. The summed E-state index contributed by atoms with van der Waals surface area (Å²) in [6.07, 6.45) is 6.21. The summed E-state index contributed by atoms with van der Waals surface area (Å²) >= 11 is 0. The number of rotatable bonds is 5. The number of hydrogen-bond acceptors (Lipinski definition) is 5. The number of hydrogen-bond donors (Lipinski definition) is 1. The van der Waals surface area contributed by atoms with Gasteiger partial charge in [-0.2, -0.15) is 0 Å². The second kappa shape index (κ2) is 9.27. The molecule has 1 N–H and O–H groups in total. The van der Waals surface area contributed by atoms with E-state index in [0.717, 1.165) is 57.7 Å². The maximum Gasteiger partial charge on any atom is 0.255 e. The Balaban J connectivity index is 1.24.